The molecule has 1 aromatic heterocycles. The third kappa shape index (κ3) is 7.80. The van der Waals surface area contributed by atoms with Gasteiger partial charge in [0.2, 0.25) is 10.0 Å². The number of carboxylic acid groups (broad SMARTS) is 2. The number of carbonyl (C=O) groups is 3. The maximum Gasteiger partial charge on any atom is 0.336 e. The molecule has 1 heterocycles. The molecule has 1 aliphatic rings. The van der Waals surface area contributed by atoms with Gasteiger partial charge >= 0.3 is 11.9 Å². The monoisotopic (exact) mass is 649 g/mol. The van der Waals surface area contributed by atoms with Crippen molar-refractivity contribution in [3.05, 3.63) is 107 Å². The smallest absolute Gasteiger partial charge is 0.336 e. The molecule has 46 heavy (non-hydrogen) atoms. The summed E-state index contributed by atoms with van der Waals surface area (Å²) in [5.41, 5.74) is 0.209. The Morgan fingerprint density at radius 1 is 1.02 bits per heavy atom. The number of aryl methyl sites for hydroxylation is 1. The Bertz CT molecular complexity index is 1680. The molecule has 0 bridgehead atoms. The van der Waals surface area contributed by atoms with Crippen LogP contribution < -0.4 is 4.74 Å². The zero-order chi connectivity index (χ0) is 33.6. The average Bonchev–Trinajstić information content (AvgIpc) is 3.83. The van der Waals surface area contributed by atoms with Crippen molar-refractivity contribution in [3.63, 3.8) is 0 Å². The molecule has 0 radical (unpaired) electrons. The van der Waals surface area contributed by atoms with Crippen LogP contribution in [0, 0.1) is 6.92 Å². The quantitative estimate of drug-likeness (QED) is 0.227. The van der Waals surface area contributed by atoms with E-state index in [1.54, 1.807) is 50.4 Å². The molecule has 1 saturated carbocycles. The number of hydrogen-bond donors (Lipinski definition) is 2. The largest absolute Gasteiger partial charge is 0.495 e. The number of pyridine rings is 1. The Morgan fingerprint density at radius 2 is 1.65 bits per heavy atom. The molecular formula is C34H39N3O8S. The molecule has 3 aromatic rings. The molecule has 12 heteroatoms. The van der Waals surface area contributed by atoms with Gasteiger partial charge in [-0.1, -0.05) is 36.4 Å². The van der Waals surface area contributed by atoms with Crippen LogP contribution in [-0.4, -0.2) is 84.0 Å². The van der Waals surface area contributed by atoms with Crippen molar-refractivity contribution in [2.45, 2.75) is 44.1 Å². The molecule has 0 spiro atoms. The molecule has 244 valence electrons. The first-order chi connectivity index (χ1) is 21.8. The minimum absolute atomic E-state index is 0.0774. The van der Waals surface area contributed by atoms with Crippen LogP contribution in [0.3, 0.4) is 0 Å². The fraction of sp³-hybridized carbons (Fsp3) is 0.353. The number of carboxylic acids is 2. The summed E-state index contributed by atoms with van der Waals surface area (Å²) in [7, 11) is 0.921. The highest BCUT2D eigenvalue weighted by atomic mass is 32.2. The number of ketones is 1. The number of benzene rings is 2. The van der Waals surface area contributed by atoms with Crippen molar-refractivity contribution < 1.29 is 37.8 Å². The third-order valence-corrected chi connectivity index (χ3v) is 9.88. The summed E-state index contributed by atoms with van der Waals surface area (Å²) < 4.78 is 33.9. The van der Waals surface area contributed by atoms with E-state index in [1.807, 2.05) is 30.3 Å². The van der Waals surface area contributed by atoms with Gasteiger partial charge < -0.3 is 19.8 Å². The van der Waals surface area contributed by atoms with Crippen molar-refractivity contribution >= 4 is 27.7 Å². The minimum Gasteiger partial charge on any atom is -0.495 e. The van der Waals surface area contributed by atoms with Gasteiger partial charge in [0.15, 0.2) is 5.78 Å². The van der Waals surface area contributed by atoms with Crippen molar-refractivity contribution in [2.75, 3.05) is 33.5 Å². The van der Waals surface area contributed by atoms with Crippen LogP contribution in [0.25, 0.3) is 0 Å². The maximum absolute atomic E-state index is 14.4. The predicted octanol–water partition coefficient (Wildman–Crippen LogP) is 4.48. The highest BCUT2D eigenvalue weighted by molar-refractivity contribution is 7.89. The Kier molecular flexibility index (Phi) is 10.6. The van der Waals surface area contributed by atoms with Crippen LogP contribution in [0.15, 0.2) is 73.1 Å². The van der Waals surface area contributed by atoms with Crippen molar-refractivity contribution in [2.24, 2.45) is 0 Å². The van der Waals surface area contributed by atoms with E-state index >= 15 is 0 Å². The highest BCUT2D eigenvalue weighted by Gasteiger charge is 2.54. The molecule has 1 unspecified atom stereocenters. The number of rotatable bonds is 16. The molecular weight excluding hydrogens is 610 g/mol. The lowest BCUT2D eigenvalue weighted by Crippen LogP contribution is -2.37. The second-order valence-electron chi connectivity index (χ2n) is 11.7. The fourth-order valence-corrected chi connectivity index (χ4v) is 6.87. The minimum atomic E-state index is -4.10. The van der Waals surface area contributed by atoms with Gasteiger partial charge in [0.1, 0.15) is 5.75 Å². The van der Waals surface area contributed by atoms with Gasteiger partial charge in [-0.05, 0) is 73.3 Å². The Morgan fingerprint density at radius 3 is 2.15 bits per heavy atom. The number of aromatic carboxylic acids is 2. The first-order valence-electron chi connectivity index (χ1n) is 14.8. The van der Waals surface area contributed by atoms with Gasteiger partial charge in [-0.15, -0.1) is 0 Å². The van der Waals surface area contributed by atoms with E-state index in [4.69, 9.17) is 4.74 Å². The lowest BCUT2D eigenvalue weighted by molar-refractivity contribution is -0.123. The Labute approximate surface area is 269 Å². The SMILES string of the molecule is COc1ccc(C2(C(=O)C(CCN(Cc3c(C(=O)O)cc(C)cc3C(=O)O)S(=O)(=O)CC=CN(C)C)c3ccccc3)CC2)nc1. The van der Waals surface area contributed by atoms with Crippen LogP contribution in [0.2, 0.25) is 0 Å². The third-order valence-electron chi connectivity index (χ3n) is 8.16. The number of carbonyl (C=O) groups excluding carboxylic acids is 1. The number of aromatic nitrogens is 1. The van der Waals surface area contributed by atoms with Crippen LogP contribution in [0.5, 0.6) is 5.75 Å². The molecule has 11 nitrogen and oxygen atoms in total. The summed E-state index contributed by atoms with van der Waals surface area (Å²) in [4.78, 5) is 45.0. The average molecular weight is 650 g/mol. The summed E-state index contributed by atoms with van der Waals surface area (Å²) in [6.07, 6.45) is 5.88. The number of sulfonamides is 1. The molecule has 0 amide bonds. The van der Waals surface area contributed by atoms with Crippen LogP contribution in [-0.2, 0) is 26.8 Å². The van der Waals surface area contributed by atoms with E-state index < -0.39 is 45.6 Å². The fourth-order valence-electron chi connectivity index (χ4n) is 5.62. The van der Waals surface area contributed by atoms with Gasteiger partial charge in [-0.25, -0.2) is 18.0 Å². The van der Waals surface area contributed by atoms with E-state index in [-0.39, 0.29) is 35.4 Å². The summed E-state index contributed by atoms with van der Waals surface area (Å²) in [5, 5.41) is 19.9. The van der Waals surface area contributed by atoms with E-state index in [0.717, 1.165) is 4.31 Å². The molecule has 2 aromatic carbocycles. The topological polar surface area (TPSA) is 154 Å². The van der Waals surface area contributed by atoms with E-state index in [9.17, 15) is 33.0 Å². The number of Topliss-reactive ketones (excluding diaryl/α,β-unsaturated/α-hetero) is 1. The van der Waals surface area contributed by atoms with Gasteiger partial charge in [0.25, 0.3) is 0 Å². The van der Waals surface area contributed by atoms with E-state index in [0.29, 0.717) is 35.4 Å². The molecule has 0 saturated heterocycles. The Hall–Kier alpha value is -4.55. The summed E-state index contributed by atoms with van der Waals surface area (Å²) in [6, 6.07) is 15.3. The van der Waals surface area contributed by atoms with Crippen LogP contribution in [0.4, 0.5) is 0 Å². The summed E-state index contributed by atoms with van der Waals surface area (Å²) in [5.74, 6) is -3.39. The molecule has 0 aliphatic heterocycles. The molecule has 1 aliphatic carbocycles. The molecule has 4 rings (SSSR count). The standard InChI is InChI=1S/C34H39N3O8S/c1-23-19-27(32(39)40)29(28(20-23)33(41)42)22-37(46(43,44)18-8-16-36(2)3)17-13-26(24-9-6-5-7-10-24)31(38)34(14-15-34)30-12-11-25(45-4)21-35-30/h5-12,16,19-21,26H,13-15,17-18,22H2,1-4H3,(H,39,40)(H,41,42). The highest BCUT2D eigenvalue weighted by Crippen LogP contribution is 2.51. The number of hydrogen-bond acceptors (Lipinski definition) is 8. The summed E-state index contributed by atoms with van der Waals surface area (Å²) >= 11 is 0. The van der Waals surface area contributed by atoms with Gasteiger partial charge in [-0.3, -0.25) is 9.78 Å². The van der Waals surface area contributed by atoms with Crippen LogP contribution in [0.1, 0.15) is 68.3 Å². The van der Waals surface area contributed by atoms with E-state index in [2.05, 4.69) is 4.98 Å². The lowest BCUT2D eigenvalue weighted by atomic mass is 9.81. The second-order valence-corrected chi connectivity index (χ2v) is 13.7. The van der Waals surface area contributed by atoms with Crippen LogP contribution >= 0.6 is 0 Å². The zero-order valence-electron chi connectivity index (χ0n) is 26.3. The summed E-state index contributed by atoms with van der Waals surface area (Å²) in [6.45, 7) is 0.911. The van der Waals surface area contributed by atoms with Gasteiger partial charge in [0.05, 0.1) is 41.3 Å². The maximum atomic E-state index is 14.4. The molecule has 1 fully saturated rings. The second kappa shape index (κ2) is 14.3. The first-order valence-corrected chi connectivity index (χ1v) is 16.4. The normalized spacial score (nSPS) is 14.6. The predicted molar refractivity (Wildman–Crippen MR) is 173 cm³/mol. The van der Waals surface area contributed by atoms with Crippen molar-refractivity contribution in [3.8, 4) is 5.75 Å². The van der Waals surface area contributed by atoms with Crippen molar-refractivity contribution in [1.82, 2.24) is 14.2 Å². The number of nitrogens with zero attached hydrogens (tertiary/aromatic N) is 3. The number of ether oxygens (including phenoxy) is 1. The number of methoxy groups -OCH3 is 1. The van der Waals surface area contributed by atoms with E-state index in [1.165, 1.54) is 25.3 Å². The zero-order valence-corrected chi connectivity index (χ0v) is 27.2. The van der Waals surface area contributed by atoms with Crippen molar-refractivity contribution in [1.29, 1.82) is 0 Å². The Balaban J connectivity index is 1.74. The lowest BCUT2D eigenvalue weighted by Gasteiger charge is -2.27. The molecule has 2 N–H and O–H groups in total. The first kappa shape index (κ1) is 34.3. The van der Waals surface area contributed by atoms with Gasteiger partial charge in [-0.2, -0.15) is 4.31 Å². The molecule has 1 atom stereocenters. The van der Waals surface area contributed by atoms with Gasteiger partial charge in [0, 0.05) is 33.1 Å².